The summed E-state index contributed by atoms with van der Waals surface area (Å²) in [5.41, 5.74) is 1.58. The Morgan fingerprint density at radius 1 is 1.33 bits per heavy atom. The molecule has 2 aliphatic heterocycles. The molecule has 0 N–H and O–H groups in total. The van der Waals surface area contributed by atoms with Gasteiger partial charge in [0.2, 0.25) is 5.88 Å². The Morgan fingerprint density at radius 2 is 2.11 bits per heavy atom. The Kier molecular flexibility index (Phi) is 4.13. The number of fused-ring (bicyclic) bond motifs is 1. The van der Waals surface area contributed by atoms with Crippen LogP contribution in [0.25, 0.3) is 0 Å². The topological polar surface area (TPSA) is 88.8 Å². The molecule has 2 saturated heterocycles. The highest BCUT2D eigenvalue weighted by Crippen LogP contribution is 2.53. The van der Waals surface area contributed by atoms with Crippen LogP contribution in [0.2, 0.25) is 0 Å². The van der Waals surface area contributed by atoms with Gasteiger partial charge in [0.25, 0.3) is 11.8 Å². The molecule has 27 heavy (non-hydrogen) atoms. The van der Waals surface area contributed by atoms with Crippen LogP contribution in [0.3, 0.4) is 0 Å². The molecule has 0 radical (unpaired) electrons. The fourth-order valence-electron chi connectivity index (χ4n) is 4.11. The van der Waals surface area contributed by atoms with E-state index in [1.54, 1.807) is 26.2 Å². The fraction of sp³-hybridized carbons (Fsp3) is 0.474. The van der Waals surface area contributed by atoms with Crippen LogP contribution in [0.5, 0.6) is 5.88 Å². The van der Waals surface area contributed by atoms with Crippen LogP contribution in [0.1, 0.15) is 44.6 Å². The largest absolute Gasteiger partial charge is 0.480 e. The van der Waals surface area contributed by atoms with Crippen molar-refractivity contribution in [2.75, 3.05) is 27.7 Å². The van der Waals surface area contributed by atoms with E-state index < -0.39 is 0 Å². The number of ether oxygens (including phenoxy) is 1. The molecule has 5 rings (SSSR count). The van der Waals surface area contributed by atoms with Gasteiger partial charge in [-0.25, -0.2) is 9.97 Å². The zero-order chi connectivity index (χ0) is 19.3. The molecular formula is C19H22N4O4. The summed E-state index contributed by atoms with van der Waals surface area (Å²) in [6, 6.07) is 3.55. The molecule has 0 aromatic carbocycles. The number of pyridine rings is 1. The molecule has 3 fully saturated rings. The zero-order valence-corrected chi connectivity index (χ0v) is 15.8. The van der Waals surface area contributed by atoms with Crippen molar-refractivity contribution in [2.45, 2.75) is 25.3 Å². The van der Waals surface area contributed by atoms with Crippen LogP contribution in [-0.4, -0.2) is 65.4 Å². The van der Waals surface area contributed by atoms with E-state index in [1.807, 2.05) is 11.8 Å². The van der Waals surface area contributed by atoms with Crippen LogP contribution in [0.15, 0.2) is 22.9 Å². The predicted molar refractivity (Wildman–Crippen MR) is 95.7 cm³/mol. The zero-order valence-electron chi connectivity index (χ0n) is 15.8. The molecule has 2 bridgehead atoms. The van der Waals surface area contributed by atoms with Gasteiger partial charge >= 0.3 is 0 Å². The third kappa shape index (κ3) is 2.67. The maximum absolute atomic E-state index is 13.1. The summed E-state index contributed by atoms with van der Waals surface area (Å²) in [6.45, 7) is 2.48. The number of hydrogen-bond donors (Lipinski definition) is 0. The van der Waals surface area contributed by atoms with E-state index in [9.17, 15) is 9.59 Å². The van der Waals surface area contributed by atoms with Gasteiger partial charge in [0, 0.05) is 38.3 Å². The maximum Gasteiger partial charge on any atom is 0.275 e. The number of rotatable bonds is 4. The average Bonchev–Trinajstić information content (AvgIpc) is 3.35. The SMILES string of the molecule is COc1nc(C)ccc1C(=O)N1CC2CC1C2c1ocnc1C(=O)N(C)C. The number of carbonyl (C=O) groups excluding carboxylic acids is 2. The monoisotopic (exact) mass is 370 g/mol. The number of aromatic nitrogens is 2. The highest BCUT2D eigenvalue weighted by atomic mass is 16.5. The molecule has 4 heterocycles. The minimum atomic E-state index is -0.188. The van der Waals surface area contributed by atoms with E-state index in [-0.39, 0.29) is 29.7 Å². The van der Waals surface area contributed by atoms with Gasteiger partial charge in [0.1, 0.15) is 11.3 Å². The molecule has 2 aromatic rings. The summed E-state index contributed by atoms with van der Waals surface area (Å²) in [5, 5.41) is 0. The Morgan fingerprint density at radius 3 is 2.81 bits per heavy atom. The molecule has 0 spiro atoms. The quantitative estimate of drug-likeness (QED) is 0.814. The van der Waals surface area contributed by atoms with Gasteiger partial charge in [-0.3, -0.25) is 9.59 Å². The smallest absolute Gasteiger partial charge is 0.275 e. The molecule has 3 aliphatic rings. The first-order valence-corrected chi connectivity index (χ1v) is 8.90. The van der Waals surface area contributed by atoms with Gasteiger partial charge in [-0.1, -0.05) is 0 Å². The van der Waals surface area contributed by atoms with E-state index in [0.29, 0.717) is 29.4 Å². The summed E-state index contributed by atoms with van der Waals surface area (Å²) in [7, 11) is 4.88. The molecule has 142 valence electrons. The van der Waals surface area contributed by atoms with Crippen LogP contribution in [0.4, 0.5) is 0 Å². The minimum Gasteiger partial charge on any atom is -0.480 e. The van der Waals surface area contributed by atoms with Gasteiger partial charge in [-0.2, -0.15) is 0 Å². The highest BCUT2D eigenvalue weighted by molar-refractivity contribution is 5.97. The second kappa shape index (κ2) is 6.37. The second-order valence-electron chi connectivity index (χ2n) is 7.32. The first-order valence-electron chi connectivity index (χ1n) is 8.90. The van der Waals surface area contributed by atoms with E-state index in [0.717, 1.165) is 12.1 Å². The maximum atomic E-state index is 13.1. The lowest BCUT2D eigenvalue weighted by molar-refractivity contribution is 0.0724. The Bertz CT molecular complexity index is 907. The lowest BCUT2D eigenvalue weighted by atomic mass is 9.72. The average molecular weight is 370 g/mol. The van der Waals surface area contributed by atoms with Crippen molar-refractivity contribution in [3.63, 3.8) is 0 Å². The van der Waals surface area contributed by atoms with Crippen LogP contribution in [-0.2, 0) is 0 Å². The van der Waals surface area contributed by atoms with Crippen LogP contribution in [0, 0.1) is 12.8 Å². The number of aryl methyl sites for hydroxylation is 1. The Labute approximate surface area is 157 Å². The van der Waals surface area contributed by atoms with Crippen molar-refractivity contribution in [2.24, 2.45) is 5.92 Å². The first-order chi connectivity index (χ1) is 12.9. The van der Waals surface area contributed by atoms with E-state index in [2.05, 4.69) is 9.97 Å². The van der Waals surface area contributed by atoms with Gasteiger partial charge in [0.15, 0.2) is 12.1 Å². The molecule has 3 unspecified atom stereocenters. The molecular weight excluding hydrogens is 348 g/mol. The van der Waals surface area contributed by atoms with E-state index >= 15 is 0 Å². The number of nitrogens with zero attached hydrogens (tertiary/aromatic N) is 4. The second-order valence-corrected chi connectivity index (χ2v) is 7.32. The normalized spacial score (nSPS) is 23.1. The molecule has 2 aromatic heterocycles. The first kappa shape index (κ1) is 17.5. The number of carbonyl (C=O) groups is 2. The van der Waals surface area contributed by atoms with Crippen molar-refractivity contribution in [1.82, 2.24) is 19.8 Å². The third-order valence-corrected chi connectivity index (χ3v) is 5.49. The van der Waals surface area contributed by atoms with Gasteiger partial charge in [0.05, 0.1) is 7.11 Å². The van der Waals surface area contributed by atoms with Crippen molar-refractivity contribution < 1.29 is 18.7 Å². The molecule has 3 atom stereocenters. The van der Waals surface area contributed by atoms with Crippen LogP contribution < -0.4 is 4.74 Å². The molecule has 1 saturated carbocycles. The Hall–Kier alpha value is -2.90. The number of hydrogen-bond acceptors (Lipinski definition) is 6. The molecule has 2 amide bonds. The van der Waals surface area contributed by atoms with Crippen LogP contribution >= 0.6 is 0 Å². The van der Waals surface area contributed by atoms with Gasteiger partial charge < -0.3 is 19.0 Å². The van der Waals surface area contributed by atoms with Gasteiger partial charge in [-0.05, 0) is 31.4 Å². The van der Waals surface area contributed by atoms with Crippen molar-refractivity contribution >= 4 is 11.8 Å². The Balaban J connectivity index is 1.60. The van der Waals surface area contributed by atoms with Crippen molar-refractivity contribution in [3.05, 3.63) is 41.2 Å². The highest BCUT2D eigenvalue weighted by Gasteiger charge is 2.57. The third-order valence-electron chi connectivity index (χ3n) is 5.49. The minimum absolute atomic E-state index is 0.000229. The van der Waals surface area contributed by atoms with Gasteiger partial charge in [-0.15, -0.1) is 0 Å². The molecule has 1 aliphatic carbocycles. The predicted octanol–water partition coefficient (Wildman–Crippen LogP) is 1.72. The summed E-state index contributed by atoms with van der Waals surface area (Å²) in [4.78, 5) is 37.2. The lowest BCUT2D eigenvalue weighted by Crippen LogP contribution is -2.40. The lowest BCUT2D eigenvalue weighted by Gasteiger charge is -2.35. The number of amides is 2. The van der Waals surface area contributed by atoms with E-state index in [4.69, 9.17) is 9.15 Å². The molecule has 8 nitrogen and oxygen atoms in total. The summed E-state index contributed by atoms with van der Waals surface area (Å²) >= 11 is 0. The number of methoxy groups -OCH3 is 1. The van der Waals surface area contributed by atoms with E-state index in [1.165, 1.54) is 18.4 Å². The fourth-order valence-corrected chi connectivity index (χ4v) is 4.11. The standard InChI is InChI=1S/C19H22N4O4/c1-10-5-6-12(17(21-10)26-4)18(24)23-8-11-7-13(23)14(11)16-15(20-9-27-16)19(25)22(2)3/h5-6,9,11,13-14H,7-8H2,1-4H3. The van der Waals surface area contributed by atoms with Crippen molar-refractivity contribution in [1.29, 1.82) is 0 Å². The molecule has 8 heteroatoms. The number of oxazole rings is 1. The summed E-state index contributed by atoms with van der Waals surface area (Å²) < 4.78 is 10.9. The summed E-state index contributed by atoms with van der Waals surface area (Å²) in [5.74, 6) is 0.898. The van der Waals surface area contributed by atoms with Crippen molar-refractivity contribution in [3.8, 4) is 5.88 Å². The summed E-state index contributed by atoms with van der Waals surface area (Å²) in [6.07, 6.45) is 2.21.